The second kappa shape index (κ2) is 11.5. The molecule has 0 aliphatic carbocycles. The number of anilines is 3. The Morgan fingerprint density at radius 3 is 2.26 bits per heavy atom. The Morgan fingerprint density at radius 1 is 0.949 bits per heavy atom. The highest BCUT2D eigenvalue weighted by atomic mass is 35.5. The normalized spacial score (nSPS) is 11.8. The Balaban J connectivity index is 1.77. The molecule has 1 heterocycles. The summed E-state index contributed by atoms with van der Waals surface area (Å²) in [5.41, 5.74) is -0.247. The van der Waals surface area contributed by atoms with Gasteiger partial charge in [-0.15, -0.1) is 0 Å². The molecule has 18 heteroatoms. The second-order valence-corrected chi connectivity index (χ2v) is 13.6. The van der Waals surface area contributed by atoms with E-state index in [4.69, 9.17) is 24.7 Å². The van der Waals surface area contributed by atoms with E-state index >= 15 is 0 Å². The van der Waals surface area contributed by atoms with E-state index in [1.54, 1.807) is 0 Å². The minimum atomic E-state index is -4.61. The van der Waals surface area contributed by atoms with Gasteiger partial charge in [-0.1, -0.05) is 24.3 Å². The summed E-state index contributed by atoms with van der Waals surface area (Å²) >= 11 is 5.91. The van der Waals surface area contributed by atoms with Crippen molar-refractivity contribution in [3.63, 3.8) is 0 Å². The minimum Gasteiger partial charge on any atom is -0.323 e. The smallest absolute Gasteiger partial charge is 0.296 e. The van der Waals surface area contributed by atoms with Gasteiger partial charge in [-0.2, -0.15) is 23.4 Å². The van der Waals surface area contributed by atoms with Crippen molar-refractivity contribution >= 4 is 70.5 Å². The maximum Gasteiger partial charge on any atom is 0.296 e. The topological polar surface area (TPSA) is 185 Å². The van der Waals surface area contributed by atoms with Crippen LogP contribution in [0.25, 0.3) is 9.69 Å². The molecule has 0 spiro atoms. The summed E-state index contributed by atoms with van der Waals surface area (Å²) in [6.45, 7) is 14.1. The zero-order valence-electron chi connectivity index (χ0n) is 19.8. The summed E-state index contributed by atoms with van der Waals surface area (Å²) in [5.74, 6) is -1.97. The molecule has 0 atom stereocenters. The maximum absolute atomic E-state index is 12.9. The van der Waals surface area contributed by atoms with Crippen LogP contribution in [-0.2, 0) is 30.0 Å². The van der Waals surface area contributed by atoms with Gasteiger partial charge >= 0.3 is 0 Å². The molecule has 3 aromatic rings. The Kier molecular flexibility index (Phi) is 8.74. The maximum atomic E-state index is 12.9. The lowest BCUT2D eigenvalue weighted by atomic mass is 10.3. The van der Waals surface area contributed by atoms with Crippen LogP contribution in [-0.4, -0.2) is 63.3 Å². The van der Waals surface area contributed by atoms with Gasteiger partial charge in [-0.3, -0.25) is 14.2 Å². The summed E-state index contributed by atoms with van der Waals surface area (Å²) in [6, 6.07) is 8.71. The number of benzene rings is 2. The molecule has 0 aliphatic rings. The number of aromatic nitrogens is 3. The second-order valence-electron chi connectivity index (χ2n) is 7.65. The molecule has 204 valence electrons. The third-order valence-electron chi connectivity index (χ3n) is 5.07. The molecular formula is C21H18ClN7O7S3. The highest BCUT2D eigenvalue weighted by Crippen LogP contribution is 2.31. The van der Waals surface area contributed by atoms with Crippen LogP contribution in [0.3, 0.4) is 0 Å². The van der Waals surface area contributed by atoms with E-state index in [0.717, 1.165) is 19.2 Å². The van der Waals surface area contributed by atoms with Gasteiger partial charge in [0.15, 0.2) is 21.2 Å². The largest absolute Gasteiger partial charge is 0.323 e. The average molecular weight is 612 g/mol. The van der Waals surface area contributed by atoms with Crippen LogP contribution in [0, 0.1) is 13.1 Å². The quantitative estimate of drug-likeness (QED) is 0.253. The highest BCUT2D eigenvalue weighted by Gasteiger charge is 2.25. The summed E-state index contributed by atoms with van der Waals surface area (Å²) in [6.07, 6.45) is -0.321. The van der Waals surface area contributed by atoms with E-state index in [-0.39, 0.29) is 34.3 Å². The van der Waals surface area contributed by atoms with E-state index in [2.05, 4.69) is 30.0 Å². The van der Waals surface area contributed by atoms with Gasteiger partial charge in [0.1, 0.15) is 4.90 Å². The molecule has 2 N–H and O–H groups in total. The molecule has 0 fully saturated rings. The van der Waals surface area contributed by atoms with Gasteiger partial charge in [0.2, 0.25) is 27.2 Å². The van der Waals surface area contributed by atoms with Gasteiger partial charge < -0.3 is 5.32 Å². The molecule has 1 aromatic heterocycles. The molecule has 0 radical (unpaired) electrons. The number of para-hydroxylation sites is 1. The van der Waals surface area contributed by atoms with Crippen LogP contribution < -0.4 is 9.62 Å². The molecule has 0 amide bonds. The van der Waals surface area contributed by atoms with Crippen LogP contribution in [0.15, 0.2) is 52.3 Å². The van der Waals surface area contributed by atoms with Gasteiger partial charge in [0.25, 0.3) is 10.1 Å². The number of hydrogen-bond donors (Lipinski definition) is 2. The summed E-state index contributed by atoms with van der Waals surface area (Å²) < 4.78 is 84.4. The predicted molar refractivity (Wildman–Crippen MR) is 142 cm³/mol. The third-order valence-corrected chi connectivity index (χ3v) is 9.75. The standard InChI is InChI=1S/C21H18ClN7O7S3/c1-23-15-10-9-14(13-17(15)24-2)37(30,31)11-6-12-38(32,33)29(3)21-27-19(22)26-20(28-21)25-16-7-4-5-8-18(16)39(34,35)36/h4-5,7-10,13H,6,11-12H2,3H3,(H,34,35,36)(H,25,26,27,28). The Morgan fingerprint density at radius 2 is 1.62 bits per heavy atom. The highest BCUT2D eigenvalue weighted by molar-refractivity contribution is 7.93. The van der Waals surface area contributed by atoms with Gasteiger partial charge in [0, 0.05) is 7.05 Å². The number of halogens is 1. The van der Waals surface area contributed by atoms with Crippen LogP contribution in [0.4, 0.5) is 29.0 Å². The zero-order valence-corrected chi connectivity index (χ0v) is 23.1. The van der Waals surface area contributed by atoms with Crippen molar-refractivity contribution in [2.75, 3.05) is 28.2 Å². The molecule has 0 bridgehead atoms. The van der Waals surface area contributed by atoms with E-state index in [9.17, 15) is 29.8 Å². The van der Waals surface area contributed by atoms with Crippen molar-refractivity contribution in [2.24, 2.45) is 0 Å². The van der Waals surface area contributed by atoms with Crippen molar-refractivity contribution in [2.45, 2.75) is 16.2 Å². The average Bonchev–Trinajstić information content (AvgIpc) is 2.86. The first-order valence-corrected chi connectivity index (χ1v) is 15.6. The molecular weight excluding hydrogens is 594 g/mol. The van der Waals surface area contributed by atoms with Crippen molar-refractivity contribution in [1.29, 1.82) is 0 Å². The summed E-state index contributed by atoms with van der Waals surface area (Å²) in [4.78, 5) is 17.1. The molecule has 2 aromatic carbocycles. The molecule has 0 aliphatic heterocycles. The van der Waals surface area contributed by atoms with Crippen molar-refractivity contribution in [3.8, 4) is 0 Å². The van der Waals surface area contributed by atoms with Crippen molar-refractivity contribution < 1.29 is 29.8 Å². The number of sulfone groups is 1. The number of rotatable bonds is 10. The molecule has 0 saturated carbocycles. The molecule has 0 unspecified atom stereocenters. The number of hydrogen-bond acceptors (Lipinski definition) is 10. The summed E-state index contributed by atoms with van der Waals surface area (Å²) in [5, 5.41) is 2.10. The van der Waals surface area contributed by atoms with E-state index in [0.29, 0.717) is 4.31 Å². The lowest BCUT2D eigenvalue weighted by molar-refractivity contribution is 0.483. The predicted octanol–water partition coefficient (Wildman–Crippen LogP) is 3.25. The fourth-order valence-electron chi connectivity index (χ4n) is 3.14. The SMILES string of the molecule is [C-]#[N+]c1ccc(S(=O)(=O)CCCS(=O)(=O)N(C)c2nc(Cl)nc(Nc3ccccc3S(=O)(=O)O)n2)cc1[N+]#[C-]. The molecule has 14 nitrogen and oxygen atoms in total. The van der Waals surface area contributed by atoms with Crippen molar-refractivity contribution in [1.82, 2.24) is 15.0 Å². The van der Waals surface area contributed by atoms with Crippen molar-refractivity contribution in [3.05, 3.63) is 70.6 Å². The first-order chi connectivity index (χ1) is 18.2. The fourth-order valence-corrected chi connectivity index (χ4v) is 6.57. The monoisotopic (exact) mass is 611 g/mol. The Labute approximate surface area is 229 Å². The van der Waals surface area contributed by atoms with E-state index < -0.39 is 57.6 Å². The first-order valence-electron chi connectivity index (χ1n) is 10.5. The Hall–Kier alpha value is -3.87. The van der Waals surface area contributed by atoms with E-state index in [1.165, 1.54) is 30.3 Å². The third kappa shape index (κ3) is 7.16. The van der Waals surface area contributed by atoms with Crippen LogP contribution in [0.5, 0.6) is 0 Å². The number of nitrogens with one attached hydrogen (secondary N) is 1. The minimum absolute atomic E-state index is 0.000466. The number of sulfonamides is 1. The van der Waals surface area contributed by atoms with Crippen LogP contribution >= 0.6 is 11.6 Å². The van der Waals surface area contributed by atoms with Gasteiger partial charge in [0.05, 0.1) is 35.2 Å². The lowest BCUT2D eigenvalue weighted by Crippen LogP contribution is -2.31. The molecule has 0 saturated heterocycles. The molecule has 39 heavy (non-hydrogen) atoms. The van der Waals surface area contributed by atoms with Gasteiger partial charge in [-0.25, -0.2) is 21.1 Å². The fraction of sp³-hybridized carbons (Fsp3) is 0.190. The summed E-state index contributed by atoms with van der Waals surface area (Å²) in [7, 11) is -11.6. The van der Waals surface area contributed by atoms with Crippen LogP contribution in [0.1, 0.15) is 6.42 Å². The zero-order chi connectivity index (χ0) is 29.0. The lowest BCUT2D eigenvalue weighted by Gasteiger charge is -2.18. The first kappa shape index (κ1) is 29.7. The van der Waals surface area contributed by atoms with Gasteiger partial charge in [-0.05, 0) is 36.2 Å². The van der Waals surface area contributed by atoms with E-state index in [1.807, 2.05) is 0 Å². The number of nitrogens with zero attached hydrogens (tertiary/aromatic N) is 6. The molecule has 3 rings (SSSR count). The Bertz CT molecular complexity index is 1840. The van der Waals surface area contributed by atoms with Crippen LogP contribution in [0.2, 0.25) is 5.28 Å².